The summed E-state index contributed by atoms with van der Waals surface area (Å²) >= 11 is 0. The predicted molar refractivity (Wildman–Crippen MR) is 101 cm³/mol. The molecule has 0 saturated carbocycles. The molecule has 1 spiro atoms. The number of carbonyl (C=O) groups excluding carboxylic acids is 1. The van der Waals surface area contributed by atoms with E-state index < -0.39 is 0 Å². The van der Waals surface area contributed by atoms with Gasteiger partial charge < -0.3 is 24.8 Å². The van der Waals surface area contributed by atoms with Crippen molar-refractivity contribution in [3.8, 4) is 17.2 Å². The molecule has 2 N–H and O–H groups in total. The maximum absolute atomic E-state index is 12.9. The van der Waals surface area contributed by atoms with Gasteiger partial charge >= 0.3 is 0 Å². The van der Waals surface area contributed by atoms with Crippen molar-refractivity contribution >= 4 is 5.91 Å². The summed E-state index contributed by atoms with van der Waals surface area (Å²) in [4.78, 5) is 15.1. The van der Waals surface area contributed by atoms with Gasteiger partial charge in [0, 0.05) is 24.7 Å². The highest BCUT2D eigenvalue weighted by atomic mass is 16.6. The Kier molecular flexibility index (Phi) is 5.14. The second-order valence-electron chi connectivity index (χ2n) is 7.91. The number of nitrogens with one attached hydrogen (secondary N) is 2. The largest absolute Gasteiger partial charge is 0.496 e. The minimum Gasteiger partial charge on any atom is -0.496 e. The topological polar surface area (TPSA) is 72.1 Å². The molecule has 1 amide bonds. The fourth-order valence-corrected chi connectivity index (χ4v) is 4.62. The molecule has 27 heavy (non-hydrogen) atoms. The molecule has 0 radical (unpaired) electrons. The molecule has 7 heteroatoms. The number of carbonyl (C=O) groups is 1. The molecule has 0 bridgehead atoms. The van der Waals surface area contributed by atoms with E-state index in [0.29, 0.717) is 37.0 Å². The van der Waals surface area contributed by atoms with E-state index in [4.69, 9.17) is 14.2 Å². The first-order valence-corrected chi connectivity index (χ1v) is 9.75. The average Bonchev–Trinajstić information content (AvgIpc) is 3.01. The lowest BCUT2D eigenvalue weighted by atomic mass is 9.77. The fraction of sp³-hybridized carbons (Fsp3) is 0.650. The molecule has 148 valence electrons. The lowest BCUT2D eigenvalue weighted by Gasteiger charge is -2.33. The summed E-state index contributed by atoms with van der Waals surface area (Å²) in [6, 6.07) is 3.67. The van der Waals surface area contributed by atoms with Crippen LogP contribution in [0.3, 0.4) is 0 Å². The van der Waals surface area contributed by atoms with Crippen LogP contribution in [0.15, 0.2) is 12.1 Å². The summed E-state index contributed by atoms with van der Waals surface area (Å²) in [7, 11) is 3.69. The number of amides is 1. The minimum absolute atomic E-state index is 0.0636. The third-order valence-corrected chi connectivity index (χ3v) is 6.11. The highest BCUT2D eigenvalue weighted by Gasteiger charge is 2.45. The number of hydrogen-bond acceptors (Lipinski definition) is 6. The van der Waals surface area contributed by atoms with Gasteiger partial charge in [-0.05, 0) is 50.9 Å². The number of hydrogen-bond donors (Lipinski definition) is 2. The summed E-state index contributed by atoms with van der Waals surface area (Å²) in [6.07, 6.45) is 3.24. The molecule has 2 fully saturated rings. The Hall–Kier alpha value is -1.99. The lowest BCUT2D eigenvalue weighted by Crippen LogP contribution is -2.41. The highest BCUT2D eigenvalue weighted by Crippen LogP contribution is 2.41. The van der Waals surface area contributed by atoms with E-state index in [1.807, 2.05) is 12.1 Å². The van der Waals surface area contributed by atoms with E-state index in [9.17, 15) is 4.79 Å². The maximum Gasteiger partial charge on any atom is 0.237 e. The first-order valence-electron chi connectivity index (χ1n) is 9.75. The number of nitrogens with zero attached hydrogens (tertiary/aromatic N) is 1. The van der Waals surface area contributed by atoms with Crippen molar-refractivity contribution in [3.63, 3.8) is 0 Å². The molecular formula is C20H29N3O4. The van der Waals surface area contributed by atoms with Gasteiger partial charge in [0.1, 0.15) is 19.0 Å². The van der Waals surface area contributed by atoms with Crippen LogP contribution >= 0.6 is 0 Å². The van der Waals surface area contributed by atoms with Gasteiger partial charge in [-0.25, -0.2) is 0 Å². The molecule has 3 aliphatic rings. The molecule has 2 saturated heterocycles. The quantitative estimate of drug-likeness (QED) is 0.823. The van der Waals surface area contributed by atoms with Gasteiger partial charge in [-0.15, -0.1) is 0 Å². The normalized spacial score (nSPS) is 24.0. The summed E-state index contributed by atoms with van der Waals surface area (Å²) in [6.45, 7) is 4.59. The Morgan fingerprint density at radius 3 is 2.70 bits per heavy atom. The molecule has 3 heterocycles. The first-order chi connectivity index (χ1) is 13.1. The maximum atomic E-state index is 12.9. The molecule has 3 aliphatic heterocycles. The van der Waals surface area contributed by atoms with Crippen LogP contribution in [0.4, 0.5) is 0 Å². The Labute approximate surface area is 160 Å². The van der Waals surface area contributed by atoms with Crippen LogP contribution in [-0.2, 0) is 11.3 Å². The molecule has 0 unspecified atom stereocenters. The number of ether oxygens (including phenoxy) is 3. The zero-order chi connectivity index (χ0) is 18.9. The molecule has 1 atom stereocenters. The molecular weight excluding hydrogens is 346 g/mol. The van der Waals surface area contributed by atoms with Gasteiger partial charge in [0.15, 0.2) is 11.5 Å². The zero-order valence-electron chi connectivity index (χ0n) is 16.2. The lowest BCUT2D eigenvalue weighted by molar-refractivity contribution is -0.125. The standard InChI is InChI=1S/C20H29N3O4/c1-23-13-20(3-5-21-6-4-20)11-15(23)19(24)22-12-14-9-17-18(10-16(14)25-2)27-8-7-26-17/h9-10,15,21H,3-8,11-13H2,1-2H3,(H,22,24)/t15-/m0/s1. The van der Waals surface area contributed by atoms with Gasteiger partial charge in [0.05, 0.1) is 13.2 Å². The van der Waals surface area contributed by atoms with E-state index in [2.05, 4.69) is 22.6 Å². The first kappa shape index (κ1) is 18.4. The number of benzene rings is 1. The SMILES string of the molecule is COc1cc2c(cc1CNC(=O)[C@@H]1CC3(CCNCC3)CN1C)OCCO2. The van der Waals surface area contributed by atoms with E-state index in [-0.39, 0.29) is 17.4 Å². The van der Waals surface area contributed by atoms with Crippen LogP contribution in [0.5, 0.6) is 17.2 Å². The Bertz CT molecular complexity index is 703. The van der Waals surface area contributed by atoms with Gasteiger partial charge in [0.25, 0.3) is 0 Å². The Morgan fingerprint density at radius 1 is 1.30 bits per heavy atom. The predicted octanol–water partition coefficient (Wildman–Crippen LogP) is 1.16. The zero-order valence-corrected chi connectivity index (χ0v) is 16.2. The van der Waals surface area contributed by atoms with Crippen molar-refractivity contribution in [2.75, 3.05) is 47.0 Å². The number of fused-ring (bicyclic) bond motifs is 1. The number of piperidine rings is 1. The van der Waals surface area contributed by atoms with E-state index in [1.54, 1.807) is 7.11 Å². The third kappa shape index (κ3) is 3.71. The average molecular weight is 375 g/mol. The number of rotatable bonds is 4. The van der Waals surface area contributed by atoms with Crippen molar-refractivity contribution in [1.29, 1.82) is 0 Å². The summed E-state index contributed by atoms with van der Waals surface area (Å²) in [5, 5.41) is 6.53. The molecule has 1 aromatic rings. The molecule has 4 rings (SSSR count). The summed E-state index contributed by atoms with van der Waals surface area (Å²) in [5.74, 6) is 2.19. The second-order valence-corrected chi connectivity index (χ2v) is 7.91. The number of likely N-dealkylation sites (N-methyl/N-ethyl adjacent to an activating group) is 1. The minimum atomic E-state index is -0.0636. The van der Waals surface area contributed by atoms with Crippen LogP contribution in [0.1, 0.15) is 24.8 Å². The van der Waals surface area contributed by atoms with Crippen LogP contribution in [0.2, 0.25) is 0 Å². The van der Waals surface area contributed by atoms with Crippen LogP contribution < -0.4 is 24.8 Å². The van der Waals surface area contributed by atoms with Crippen molar-refractivity contribution < 1.29 is 19.0 Å². The van der Waals surface area contributed by atoms with E-state index >= 15 is 0 Å². The van der Waals surface area contributed by atoms with Crippen LogP contribution in [0.25, 0.3) is 0 Å². The van der Waals surface area contributed by atoms with Crippen LogP contribution in [-0.4, -0.2) is 63.9 Å². The summed E-state index contributed by atoms with van der Waals surface area (Å²) < 4.78 is 16.7. The van der Waals surface area contributed by atoms with Gasteiger partial charge in [-0.1, -0.05) is 0 Å². The Morgan fingerprint density at radius 2 is 2.00 bits per heavy atom. The van der Waals surface area contributed by atoms with Gasteiger partial charge in [-0.2, -0.15) is 0 Å². The van der Waals surface area contributed by atoms with Crippen molar-refractivity contribution in [3.05, 3.63) is 17.7 Å². The Balaban J connectivity index is 1.42. The fourth-order valence-electron chi connectivity index (χ4n) is 4.62. The van der Waals surface area contributed by atoms with Gasteiger partial charge in [-0.3, -0.25) is 9.69 Å². The molecule has 7 nitrogen and oxygen atoms in total. The van der Waals surface area contributed by atoms with E-state index in [0.717, 1.165) is 44.5 Å². The highest BCUT2D eigenvalue weighted by molar-refractivity contribution is 5.82. The summed E-state index contributed by atoms with van der Waals surface area (Å²) in [5.41, 5.74) is 1.18. The third-order valence-electron chi connectivity index (χ3n) is 6.11. The second kappa shape index (κ2) is 7.56. The number of likely N-dealkylation sites (tertiary alicyclic amines) is 1. The van der Waals surface area contributed by atoms with Gasteiger partial charge in [0.2, 0.25) is 5.91 Å². The van der Waals surface area contributed by atoms with Crippen molar-refractivity contribution in [2.45, 2.75) is 31.8 Å². The molecule has 1 aromatic carbocycles. The van der Waals surface area contributed by atoms with E-state index in [1.165, 1.54) is 0 Å². The molecule has 0 aromatic heterocycles. The van der Waals surface area contributed by atoms with Crippen LogP contribution in [0, 0.1) is 5.41 Å². The van der Waals surface area contributed by atoms with Crippen molar-refractivity contribution in [2.24, 2.45) is 5.41 Å². The molecule has 0 aliphatic carbocycles. The smallest absolute Gasteiger partial charge is 0.237 e. The monoisotopic (exact) mass is 375 g/mol. The van der Waals surface area contributed by atoms with Crippen molar-refractivity contribution in [1.82, 2.24) is 15.5 Å². The number of methoxy groups -OCH3 is 1.